The molecule has 1 heterocycles. The summed E-state index contributed by atoms with van der Waals surface area (Å²) < 4.78 is 2.18. The van der Waals surface area contributed by atoms with Crippen molar-refractivity contribution in [3.63, 3.8) is 0 Å². The Balaban J connectivity index is 1.55. The summed E-state index contributed by atoms with van der Waals surface area (Å²) >= 11 is 0. The molecule has 0 bridgehead atoms. The molecule has 5 heteroatoms. The zero-order valence-corrected chi connectivity index (χ0v) is 14.4. The number of benzene rings is 1. The SMILES string of the molecule is CN=C(NCc1nccn1Cc1ccccc1)NC1CCCCC1. The van der Waals surface area contributed by atoms with Gasteiger partial charge in [-0.3, -0.25) is 4.99 Å². The van der Waals surface area contributed by atoms with Crippen molar-refractivity contribution < 1.29 is 0 Å². The first kappa shape index (κ1) is 16.6. The van der Waals surface area contributed by atoms with E-state index >= 15 is 0 Å². The van der Waals surface area contributed by atoms with E-state index in [1.807, 2.05) is 25.5 Å². The Morgan fingerprint density at radius 3 is 2.75 bits per heavy atom. The van der Waals surface area contributed by atoms with Gasteiger partial charge in [0, 0.05) is 32.0 Å². The summed E-state index contributed by atoms with van der Waals surface area (Å²) in [6, 6.07) is 11.0. The zero-order chi connectivity index (χ0) is 16.6. The lowest BCUT2D eigenvalue weighted by Gasteiger charge is -2.24. The molecule has 1 aromatic carbocycles. The van der Waals surface area contributed by atoms with Crippen LogP contribution < -0.4 is 10.6 Å². The Labute approximate surface area is 144 Å². The summed E-state index contributed by atoms with van der Waals surface area (Å²) in [7, 11) is 1.83. The fraction of sp³-hybridized carbons (Fsp3) is 0.474. The van der Waals surface area contributed by atoms with Crippen molar-refractivity contribution in [3.8, 4) is 0 Å². The molecular weight excluding hydrogens is 298 g/mol. The molecular formula is C19H27N5. The topological polar surface area (TPSA) is 54.2 Å². The highest BCUT2D eigenvalue weighted by Crippen LogP contribution is 2.17. The van der Waals surface area contributed by atoms with Crippen LogP contribution in [0.2, 0.25) is 0 Å². The molecule has 0 spiro atoms. The van der Waals surface area contributed by atoms with Crippen LogP contribution in [0.25, 0.3) is 0 Å². The van der Waals surface area contributed by atoms with Crippen molar-refractivity contribution in [1.82, 2.24) is 20.2 Å². The van der Waals surface area contributed by atoms with Crippen LogP contribution in [0.15, 0.2) is 47.7 Å². The van der Waals surface area contributed by atoms with E-state index in [4.69, 9.17) is 0 Å². The van der Waals surface area contributed by atoms with E-state index in [0.717, 1.165) is 18.3 Å². The number of aliphatic imine (C=N–C) groups is 1. The second-order valence-electron chi connectivity index (χ2n) is 6.36. The van der Waals surface area contributed by atoms with Gasteiger partial charge in [0.15, 0.2) is 5.96 Å². The molecule has 1 aliphatic carbocycles. The first-order valence-electron chi connectivity index (χ1n) is 8.86. The minimum Gasteiger partial charge on any atom is -0.354 e. The highest BCUT2D eigenvalue weighted by atomic mass is 15.2. The number of guanidine groups is 1. The molecule has 0 radical (unpaired) electrons. The Hall–Kier alpha value is -2.30. The Kier molecular flexibility index (Phi) is 5.88. The Bertz CT molecular complexity index is 641. The standard InChI is InChI=1S/C19H27N5/c1-20-19(23-17-10-6-3-7-11-17)22-14-18-21-12-13-24(18)15-16-8-4-2-5-9-16/h2,4-5,8-9,12-13,17H,3,6-7,10-11,14-15H2,1H3,(H2,20,22,23). The molecule has 1 saturated carbocycles. The van der Waals surface area contributed by atoms with Crippen molar-refractivity contribution in [2.24, 2.45) is 4.99 Å². The molecule has 0 aliphatic heterocycles. The maximum absolute atomic E-state index is 4.48. The molecule has 3 rings (SSSR count). The predicted molar refractivity (Wildman–Crippen MR) is 98.0 cm³/mol. The fourth-order valence-electron chi connectivity index (χ4n) is 3.23. The molecule has 2 aromatic rings. The zero-order valence-electron chi connectivity index (χ0n) is 14.4. The predicted octanol–water partition coefficient (Wildman–Crippen LogP) is 2.93. The van der Waals surface area contributed by atoms with Crippen molar-refractivity contribution in [2.75, 3.05) is 7.05 Å². The van der Waals surface area contributed by atoms with Gasteiger partial charge in [-0.2, -0.15) is 0 Å². The van der Waals surface area contributed by atoms with Gasteiger partial charge in [0.05, 0.1) is 6.54 Å². The third-order valence-electron chi connectivity index (χ3n) is 4.58. The number of rotatable bonds is 5. The second kappa shape index (κ2) is 8.52. The van der Waals surface area contributed by atoms with Gasteiger partial charge in [-0.1, -0.05) is 49.6 Å². The van der Waals surface area contributed by atoms with Crippen LogP contribution in [0, 0.1) is 0 Å². The first-order valence-corrected chi connectivity index (χ1v) is 8.86. The summed E-state index contributed by atoms with van der Waals surface area (Å²) in [5.74, 6) is 1.89. The number of nitrogens with zero attached hydrogens (tertiary/aromatic N) is 3. The van der Waals surface area contributed by atoms with Gasteiger partial charge in [0.25, 0.3) is 0 Å². The molecule has 128 valence electrons. The average Bonchev–Trinajstić information content (AvgIpc) is 3.07. The lowest BCUT2D eigenvalue weighted by Crippen LogP contribution is -2.44. The van der Waals surface area contributed by atoms with E-state index in [1.54, 1.807) is 0 Å². The van der Waals surface area contributed by atoms with E-state index in [0.29, 0.717) is 12.6 Å². The van der Waals surface area contributed by atoms with Gasteiger partial charge < -0.3 is 15.2 Å². The van der Waals surface area contributed by atoms with Crippen molar-refractivity contribution in [3.05, 3.63) is 54.1 Å². The Morgan fingerprint density at radius 2 is 2.00 bits per heavy atom. The van der Waals surface area contributed by atoms with Crippen LogP contribution in [0.5, 0.6) is 0 Å². The highest BCUT2D eigenvalue weighted by molar-refractivity contribution is 5.79. The lowest BCUT2D eigenvalue weighted by atomic mass is 9.96. The van der Waals surface area contributed by atoms with Crippen LogP contribution in [-0.4, -0.2) is 28.6 Å². The van der Waals surface area contributed by atoms with Gasteiger partial charge in [0.1, 0.15) is 5.82 Å². The van der Waals surface area contributed by atoms with Gasteiger partial charge in [-0.25, -0.2) is 4.98 Å². The smallest absolute Gasteiger partial charge is 0.191 e. The van der Waals surface area contributed by atoms with Gasteiger partial charge >= 0.3 is 0 Å². The van der Waals surface area contributed by atoms with Crippen molar-refractivity contribution in [1.29, 1.82) is 0 Å². The van der Waals surface area contributed by atoms with E-state index in [9.17, 15) is 0 Å². The summed E-state index contributed by atoms with van der Waals surface area (Å²) in [6.45, 7) is 1.51. The molecule has 1 aliphatic rings. The van der Waals surface area contributed by atoms with Crippen LogP contribution in [0.4, 0.5) is 0 Å². The van der Waals surface area contributed by atoms with Gasteiger partial charge in [-0.15, -0.1) is 0 Å². The molecule has 5 nitrogen and oxygen atoms in total. The number of imidazole rings is 1. The molecule has 1 fully saturated rings. The summed E-state index contributed by atoms with van der Waals surface area (Å²) in [5, 5.41) is 6.94. The second-order valence-corrected chi connectivity index (χ2v) is 6.36. The normalized spacial score (nSPS) is 16.1. The average molecular weight is 325 g/mol. The van der Waals surface area contributed by atoms with E-state index in [1.165, 1.54) is 37.7 Å². The fourth-order valence-corrected chi connectivity index (χ4v) is 3.23. The highest BCUT2D eigenvalue weighted by Gasteiger charge is 2.14. The lowest BCUT2D eigenvalue weighted by molar-refractivity contribution is 0.410. The van der Waals surface area contributed by atoms with E-state index in [-0.39, 0.29) is 0 Å². The number of hydrogen-bond donors (Lipinski definition) is 2. The van der Waals surface area contributed by atoms with Crippen LogP contribution in [0.3, 0.4) is 0 Å². The van der Waals surface area contributed by atoms with Crippen LogP contribution in [-0.2, 0) is 13.1 Å². The number of hydrogen-bond acceptors (Lipinski definition) is 2. The molecule has 0 unspecified atom stereocenters. The molecule has 0 atom stereocenters. The maximum Gasteiger partial charge on any atom is 0.191 e. The minimum atomic E-state index is 0.550. The number of aromatic nitrogens is 2. The molecule has 2 N–H and O–H groups in total. The summed E-state index contributed by atoms with van der Waals surface area (Å²) in [5.41, 5.74) is 1.28. The Morgan fingerprint density at radius 1 is 1.21 bits per heavy atom. The van der Waals surface area contributed by atoms with Crippen molar-refractivity contribution in [2.45, 2.75) is 51.2 Å². The molecule has 24 heavy (non-hydrogen) atoms. The summed E-state index contributed by atoms with van der Waals surface area (Å²) in [4.78, 5) is 8.84. The van der Waals surface area contributed by atoms with Crippen molar-refractivity contribution >= 4 is 5.96 Å². The summed E-state index contributed by atoms with van der Waals surface area (Å²) in [6.07, 6.45) is 10.4. The van der Waals surface area contributed by atoms with Crippen LogP contribution in [0.1, 0.15) is 43.5 Å². The van der Waals surface area contributed by atoms with Gasteiger partial charge in [-0.05, 0) is 18.4 Å². The van der Waals surface area contributed by atoms with Crippen LogP contribution >= 0.6 is 0 Å². The molecule has 0 saturated heterocycles. The third-order valence-corrected chi connectivity index (χ3v) is 4.58. The quantitative estimate of drug-likeness (QED) is 0.656. The minimum absolute atomic E-state index is 0.550. The van der Waals surface area contributed by atoms with Gasteiger partial charge in [0.2, 0.25) is 0 Å². The molecule has 0 amide bonds. The third kappa shape index (κ3) is 4.60. The maximum atomic E-state index is 4.48. The van der Waals surface area contributed by atoms with E-state index < -0.39 is 0 Å². The first-order chi connectivity index (χ1) is 11.8. The molecule has 1 aromatic heterocycles. The largest absolute Gasteiger partial charge is 0.354 e. The monoisotopic (exact) mass is 325 g/mol. The number of nitrogens with one attached hydrogen (secondary N) is 2. The van der Waals surface area contributed by atoms with E-state index in [2.05, 4.69) is 49.4 Å².